The molecule has 1 aliphatic carbocycles. The monoisotopic (exact) mass is 411 g/mol. The Morgan fingerprint density at radius 1 is 1.07 bits per heavy atom. The third kappa shape index (κ3) is 4.56. The molecule has 2 amide bonds. The van der Waals surface area contributed by atoms with Gasteiger partial charge >= 0.3 is 0 Å². The Labute approximate surface area is 181 Å². The van der Waals surface area contributed by atoms with Gasteiger partial charge in [0.2, 0.25) is 11.8 Å². The molecule has 2 atom stereocenters. The van der Waals surface area contributed by atoms with Crippen molar-refractivity contribution in [3.63, 3.8) is 0 Å². The van der Waals surface area contributed by atoms with E-state index in [9.17, 15) is 9.59 Å². The number of carbonyl (C=O) groups excluding carboxylic acids is 2. The van der Waals surface area contributed by atoms with Gasteiger partial charge in [-0.2, -0.15) is 0 Å². The zero-order valence-electron chi connectivity index (χ0n) is 18.4. The van der Waals surface area contributed by atoms with Gasteiger partial charge in [-0.25, -0.2) is 0 Å². The summed E-state index contributed by atoms with van der Waals surface area (Å²) < 4.78 is 0. The maximum absolute atomic E-state index is 13.3. The Morgan fingerprint density at radius 3 is 2.60 bits per heavy atom. The maximum Gasteiger partial charge on any atom is 0.228 e. The zero-order chi connectivity index (χ0) is 21.0. The number of likely N-dealkylation sites (N-methyl/N-ethyl adjacent to an activating group) is 1. The Hall–Kier alpha value is -1.88. The number of likely N-dealkylation sites (tertiary alicyclic amines) is 2. The van der Waals surface area contributed by atoms with E-state index < -0.39 is 0 Å². The number of benzene rings is 1. The summed E-state index contributed by atoms with van der Waals surface area (Å²) in [6, 6.07) is 11.0. The first kappa shape index (κ1) is 21.4. The standard InChI is InChI=1S/C25H37N3O2/c1-27-17-8-15-25(24(30)26-21-12-7-13-21)16-18-28(19-22(25)27)23(29)14-6-5-11-20-9-3-2-4-10-20/h2-4,9-10,21-22H,5-8,11-19H2,1H3,(H,26,30)/t22-,25+/m0/s1. The van der Waals surface area contributed by atoms with E-state index >= 15 is 0 Å². The first-order valence-corrected chi connectivity index (χ1v) is 11.9. The number of nitrogens with one attached hydrogen (secondary N) is 1. The highest BCUT2D eigenvalue weighted by atomic mass is 16.2. The molecule has 1 saturated carbocycles. The van der Waals surface area contributed by atoms with Gasteiger partial charge in [-0.1, -0.05) is 30.3 Å². The Balaban J connectivity index is 1.31. The number of aryl methyl sites for hydroxylation is 1. The van der Waals surface area contributed by atoms with Crippen LogP contribution in [0.2, 0.25) is 0 Å². The molecular formula is C25H37N3O2. The second-order valence-corrected chi connectivity index (χ2v) is 9.64. The Kier molecular flexibility index (Phi) is 6.77. The number of piperidine rings is 2. The van der Waals surface area contributed by atoms with Crippen molar-refractivity contribution in [2.24, 2.45) is 5.41 Å². The molecule has 2 aliphatic heterocycles. The van der Waals surface area contributed by atoms with Gasteiger partial charge in [0.05, 0.1) is 5.41 Å². The molecule has 0 bridgehead atoms. The van der Waals surface area contributed by atoms with Crippen LogP contribution in [0.1, 0.15) is 63.4 Å². The van der Waals surface area contributed by atoms with Crippen LogP contribution in [0.4, 0.5) is 0 Å². The summed E-state index contributed by atoms with van der Waals surface area (Å²) in [7, 11) is 2.13. The van der Waals surface area contributed by atoms with Crippen LogP contribution in [-0.2, 0) is 16.0 Å². The summed E-state index contributed by atoms with van der Waals surface area (Å²) in [6.07, 6.45) is 9.92. The van der Waals surface area contributed by atoms with Crippen molar-refractivity contribution in [1.82, 2.24) is 15.1 Å². The Morgan fingerprint density at radius 2 is 1.87 bits per heavy atom. The highest BCUT2D eigenvalue weighted by molar-refractivity contribution is 5.85. The molecule has 4 rings (SSSR count). The summed E-state index contributed by atoms with van der Waals surface area (Å²) in [5.74, 6) is 0.508. The number of nitrogens with zero attached hydrogens (tertiary/aromatic N) is 2. The summed E-state index contributed by atoms with van der Waals surface area (Å²) in [4.78, 5) is 30.6. The molecule has 0 spiro atoms. The van der Waals surface area contributed by atoms with Gasteiger partial charge in [-0.3, -0.25) is 9.59 Å². The molecule has 1 N–H and O–H groups in total. The number of hydrogen-bond acceptors (Lipinski definition) is 3. The van der Waals surface area contributed by atoms with Crippen molar-refractivity contribution in [2.75, 3.05) is 26.7 Å². The van der Waals surface area contributed by atoms with Gasteiger partial charge in [-0.05, 0) is 76.9 Å². The minimum Gasteiger partial charge on any atom is -0.353 e. The van der Waals surface area contributed by atoms with Crippen molar-refractivity contribution in [3.8, 4) is 0 Å². The third-order valence-electron chi connectivity index (χ3n) is 7.72. The number of unbranched alkanes of at least 4 members (excludes halogenated alkanes) is 1. The van der Waals surface area contributed by atoms with Crippen molar-refractivity contribution >= 4 is 11.8 Å². The molecule has 3 aliphatic rings. The largest absolute Gasteiger partial charge is 0.353 e. The molecule has 2 heterocycles. The Bertz CT molecular complexity index is 733. The molecule has 2 saturated heterocycles. The molecule has 3 fully saturated rings. The van der Waals surface area contributed by atoms with Gasteiger partial charge in [0.1, 0.15) is 0 Å². The van der Waals surface area contributed by atoms with Crippen molar-refractivity contribution < 1.29 is 9.59 Å². The SMILES string of the molecule is CN1CCC[C@@]2(C(=O)NC3CCC3)CCN(C(=O)CCCCc3ccccc3)C[C@H]12. The highest BCUT2D eigenvalue weighted by Gasteiger charge is 2.52. The third-order valence-corrected chi connectivity index (χ3v) is 7.72. The van der Waals surface area contributed by atoms with Crippen LogP contribution in [0, 0.1) is 5.41 Å². The smallest absolute Gasteiger partial charge is 0.228 e. The summed E-state index contributed by atoms with van der Waals surface area (Å²) in [5.41, 5.74) is 1.03. The van der Waals surface area contributed by atoms with Crippen molar-refractivity contribution in [2.45, 2.75) is 76.3 Å². The van der Waals surface area contributed by atoms with Crippen molar-refractivity contribution in [3.05, 3.63) is 35.9 Å². The van der Waals surface area contributed by atoms with E-state index in [2.05, 4.69) is 41.5 Å². The molecule has 1 aromatic carbocycles. The summed E-state index contributed by atoms with van der Waals surface area (Å²) in [6.45, 7) is 2.44. The molecule has 30 heavy (non-hydrogen) atoms. The first-order chi connectivity index (χ1) is 14.6. The van der Waals surface area contributed by atoms with E-state index in [4.69, 9.17) is 0 Å². The fourth-order valence-corrected chi connectivity index (χ4v) is 5.52. The zero-order valence-corrected chi connectivity index (χ0v) is 18.4. The second-order valence-electron chi connectivity index (χ2n) is 9.64. The second kappa shape index (κ2) is 9.51. The van der Waals surface area contributed by atoms with Crippen LogP contribution in [0.15, 0.2) is 30.3 Å². The lowest BCUT2D eigenvalue weighted by Crippen LogP contribution is -2.66. The van der Waals surface area contributed by atoms with Crippen LogP contribution >= 0.6 is 0 Å². The average Bonchev–Trinajstić information content (AvgIpc) is 2.74. The normalized spacial score (nSPS) is 27.2. The predicted octanol–water partition coefficient (Wildman–Crippen LogP) is 3.38. The van der Waals surface area contributed by atoms with Gasteiger partial charge in [0.25, 0.3) is 0 Å². The minimum absolute atomic E-state index is 0.147. The van der Waals surface area contributed by atoms with Crippen LogP contribution in [0.25, 0.3) is 0 Å². The quantitative estimate of drug-likeness (QED) is 0.700. The van der Waals surface area contributed by atoms with Gasteiger partial charge in [0.15, 0.2) is 0 Å². The van der Waals surface area contributed by atoms with Crippen LogP contribution < -0.4 is 5.32 Å². The topological polar surface area (TPSA) is 52.7 Å². The lowest BCUT2D eigenvalue weighted by atomic mass is 9.67. The van der Waals surface area contributed by atoms with E-state index in [1.54, 1.807) is 0 Å². The summed E-state index contributed by atoms with van der Waals surface area (Å²) >= 11 is 0. The lowest BCUT2D eigenvalue weighted by Gasteiger charge is -2.53. The number of hydrogen-bond donors (Lipinski definition) is 1. The maximum atomic E-state index is 13.3. The van der Waals surface area contributed by atoms with Crippen LogP contribution in [0.5, 0.6) is 0 Å². The molecule has 1 aromatic rings. The molecule has 0 radical (unpaired) electrons. The number of rotatable bonds is 7. The van der Waals surface area contributed by atoms with E-state index in [0.29, 0.717) is 19.0 Å². The highest BCUT2D eigenvalue weighted by Crippen LogP contribution is 2.43. The van der Waals surface area contributed by atoms with E-state index in [0.717, 1.165) is 64.5 Å². The van der Waals surface area contributed by atoms with Crippen LogP contribution in [-0.4, -0.2) is 60.4 Å². The molecule has 0 unspecified atom stereocenters. The number of carbonyl (C=O) groups is 2. The molecule has 5 nitrogen and oxygen atoms in total. The fraction of sp³-hybridized carbons (Fsp3) is 0.680. The average molecular weight is 412 g/mol. The van der Waals surface area contributed by atoms with Crippen LogP contribution in [0.3, 0.4) is 0 Å². The van der Waals surface area contributed by atoms with Gasteiger partial charge in [0, 0.05) is 31.6 Å². The first-order valence-electron chi connectivity index (χ1n) is 11.9. The molecule has 0 aromatic heterocycles. The lowest BCUT2D eigenvalue weighted by molar-refractivity contribution is -0.151. The van der Waals surface area contributed by atoms with E-state index in [1.165, 1.54) is 12.0 Å². The minimum atomic E-state index is -0.313. The predicted molar refractivity (Wildman–Crippen MR) is 119 cm³/mol. The number of fused-ring (bicyclic) bond motifs is 1. The van der Waals surface area contributed by atoms with Gasteiger partial charge < -0.3 is 15.1 Å². The molecular weight excluding hydrogens is 374 g/mol. The molecule has 5 heteroatoms. The molecule has 164 valence electrons. The fourth-order valence-electron chi connectivity index (χ4n) is 5.52. The summed E-state index contributed by atoms with van der Waals surface area (Å²) in [5, 5.41) is 3.33. The van der Waals surface area contributed by atoms with E-state index in [-0.39, 0.29) is 23.3 Å². The van der Waals surface area contributed by atoms with Crippen molar-refractivity contribution in [1.29, 1.82) is 0 Å². The number of amides is 2. The van der Waals surface area contributed by atoms with E-state index in [1.807, 2.05) is 11.0 Å². The van der Waals surface area contributed by atoms with Gasteiger partial charge in [-0.15, -0.1) is 0 Å².